The quantitative estimate of drug-likeness (QED) is 0.751. The Labute approximate surface area is 127 Å². The van der Waals surface area contributed by atoms with E-state index in [0.29, 0.717) is 12.3 Å². The minimum atomic E-state index is -0.0958. The molecule has 2 unspecified atom stereocenters. The summed E-state index contributed by atoms with van der Waals surface area (Å²) in [6.07, 6.45) is 5.00. The zero-order chi connectivity index (χ0) is 15.2. The van der Waals surface area contributed by atoms with Crippen LogP contribution in [0.5, 0.6) is 5.75 Å². The van der Waals surface area contributed by atoms with Crippen LogP contribution in [0.25, 0.3) is 0 Å². The van der Waals surface area contributed by atoms with E-state index in [2.05, 4.69) is 12.1 Å². The Morgan fingerprint density at radius 2 is 2.05 bits per heavy atom. The van der Waals surface area contributed by atoms with Gasteiger partial charge in [0.05, 0.1) is 6.10 Å². The van der Waals surface area contributed by atoms with Crippen molar-refractivity contribution in [1.29, 1.82) is 0 Å². The normalized spacial score (nSPS) is 22.1. The van der Waals surface area contributed by atoms with Gasteiger partial charge in [-0.1, -0.05) is 25.5 Å². The largest absolute Gasteiger partial charge is 0.491 e. The smallest absolute Gasteiger partial charge is 0.305 e. The summed E-state index contributed by atoms with van der Waals surface area (Å²) in [5, 5.41) is 0. The number of hydrogen-bond acceptors (Lipinski definition) is 3. The highest BCUT2D eigenvalue weighted by Gasteiger charge is 2.29. The number of benzene rings is 1. The molecule has 0 aliphatic heterocycles. The Hall–Kier alpha value is -1.51. The molecule has 116 valence electrons. The van der Waals surface area contributed by atoms with Crippen LogP contribution >= 0.6 is 0 Å². The van der Waals surface area contributed by atoms with E-state index in [4.69, 9.17) is 9.47 Å². The van der Waals surface area contributed by atoms with Crippen LogP contribution in [0.2, 0.25) is 0 Å². The number of carbonyl (C=O) groups is 1. The van der Waals surface area contributed by atoms with Crippen LogP contribution in [0, 0.1) is 0 Å². The summed E-state index contributed by atoms with van der Waals surface area (Å²) in [5.74, 6) is 1.10. The molecule has 2 rings (SSSR count). The molecule has 21 heavy (non-hydrogen) atoms. The maximum absolute atomic E-state index is 11.6. The summed E-state index contributed by atoms with van der Waals surface area (Å²) in [6.45, 7) is 5.90. The molecule has 0 N–H and O–H groups in total. The van der Waals surface area contributed by atoms with Gasteiger partial charge in [-0.05, 0) is 50.8 Å². The summed E-state index contributed by atoms with van der Waals surface area (Å²) in [4.78, 5) is 11.6. The van der Waals surface area contributed by atoms with Gasteiger partial charge in [-0.15, -0.1) is 0 Å². The minimum Gasteiger partial charge on any atom is -0.491 e. The van der Waals surface area contributed by atoms with Crippen LogP contribution < -0.4 is 4.74 Å². The van der Waals surface area contributed by atoms with E-state index in [1.807, 2.05) is 32.9 Å². The van der Waals surface area contributed by atoms with E-state index in [-0.39, 0.29) is 18.2 Å². The number of carbonyl (C=O) groups excluding carboxylic acids is 1. The first-order valence-electron chi connectivity index (χ1n) is 8.06. The average molecular weight is 290 g/mol. The molecule has 1 fully saturated rings. The van der Waals surface area contributed by atoms with Crippen LogP contribution in [0.4, 0.5) is 0 Å². The summed E-state index contributed by atoms with van der Waals surface area (Å²) >= 11 is 0. The predicted molar refractivity (Wildman–Crippen MR) is 83.6 cm³/mol. The molecular weight excluding hydrogens is 264 g/mol. The first-order valence-corrected chi connectivity index (χ1v) is 8.06. The fourth-order valence-electron chi connectivity index (χ4n) is 2.96. The fourth-order valence-corrected chi connectivity index (χ4v) is 2.96. The monoisotopic (exact) mass is 290 g/mol. The van der Waals surface area contributed by atoms with Crippen molar-refractivity contribution in [3.05, 3.63) is 29.8 Å². The molecule has 0 spiro atoms. The lowest BCUT2D eigenvalue weighted by Crippen LogP contribution is -2.28. The summed E-state index contributed by atoms with van der Waals surface area (Å²) in [7, 11) is 0. The molecule has 1 saturated carbocycles. The van der Waals surface area contributed by atoms with E-state index in [1.165, 1.54) is 12.0 Å². The standard InChI is InChI=1S/C18H26O3/c1-4-18(19)21-17-11-6-5-10-16(17)14-8-7-9-15(12-14)20-13(2)3/h7-9,12-13,16-17H,4-6,10-11H2,1-3H3. The Morgan fingerprint density at radius 1 is 1.29 bits per heavy atom. The maximum Gasteiger partial charge on any atom is 0.305 e. The van der Waals surface area contributed by atoms with E-state index in [9.17, 15) is 4.79 Å². The molecule has 0 bridgehead atoms. The molecule has 0 amide bonds. The summed E-state index contributed by atoms with van der Waals surface area (Å²) in [6, 6.07) is 8.23. The highest BCUT2D eigenvalue weighted by Crippen LogP contribution is 2.36. The Kier molecular flexibility index (Phi) is 5.66. The first kappa shape index (κ1) is 15.9. The SMILES string of the molecule is CCC(=O)OC1CCCCC1c1cccc(OC(C)C)c1. The second-order valence-electron chi connectivity index (χ2n) is 6.01. The lowest BCUT2D eigenvalue weighted by Gasteiger charge is -2.31. The van der Waals surface area contributed by atoms with Crippen molar-refractivity contribution >= 4 is 5.97 Å². The van der Waals surface area contributed by atoms with Crippen LogP contribution in [-0.2, 0) is 9.53 Å². The summed E-state index contributed by atoms with van der Waals surface area (Å²) in [5.41, 5.74) is 1.22. The zero-order valence-corrected chi connectivity index (χ0v) is 13.3. The van der Waals surface area contributed by atoms with E-state index in [0.717, 1.165) is 25.0 Å². The van der Waals surface area contributed by atoms with E-state index >= 15 is 0 Å². The highest BCUT2D eigenvalue weighted by atomic mass is 16.5. The summed E-state index contributed by atoms with van der Waals surface area (Å²) < 4.78 is 11.4. The van der Waals surface area contributed by atoms with E-state index < -0.39 is 0 Å². The van der Waals surface area contributed by atoms with E-state index in [1.54, 1.807) is 0 Å². The predicted octanol–water partition coefficient (Wildman–Crippen LogP) is 4.45. The number of ether oxygens (including phenoxy) is 2. The molecule has 1 aliphatic rings. The molecule has 3 nitrogen and oxygen atoms in total. The Bertz CT molecular complexity index is 467. The van der Waals surface area contributed by atoms with Gasteiger partial charge >= 0.3 is 5.97 Å². The Morgan fingerprint density at radius 3 is 2.76 bits per heavy atom. The molecule has 0 aromatic heterocycles. The van der Waals surface area contributed by atoms with Gasteiger partial charge in [-0.3, -0.25) is 4.79 Å². The van der Waals surface area contributed by atoms with Crippen molar-refractivity contribution in [2.45, 2.75) is 71.0 Å². The molecule has 1 aliphatic carbocycles. The zero-order valence-electron chi connectivity index (χ0n) is 13.3. The minimum absolute atomic E-state index is 0.0144. The molecule has 2 atom stereocenters. The maximum atomic E-state index is 11.6. The van der Waals surface area contributed by atoms with Gasteiger partial charge in [0.1, 0.15) is 11.9 Å². The third-order valence-electron chi connectivity index (χ3n) is 3.93. The van der Waals surface area contributed by atoms with Gasteiger partial charge in [0.2, 0.25) is 0 Å². The van der Waals surface area contributed by atoms with Gasteiger partial charge < -0.3 is 9.47 Å². The van der Waals surface area contributed by atoms with Crippen molar-refractivity contribution in [3.8, 4) is 5.75 Å². The van der Waals surface area contributed by atoms with Gasteiger partial charge in [-0.2, -0.15) is 0 Å². The van der Waals surface area contributed by atoms with Gasteiger partial charge in [0.15, 0.2) is 0 Å². The van der Waals surface area contributed by atoms with Crippen molar-refractivity contribution in [2.75, 3.05) is 0 Å². The lowest BCUT2D eigenvalue weighted by molar-refractivity contribution is -0.151. The van der Waals surface area contributed by atoms with Crippen molar-refractivity contribution in [3.63, 3.8) is 0 Å². The molecule has 0 saturated heterocycles. The van der Waals surface area contributed by atoms with Gasteiger partial charge in [-0.25, -0.2) is 0 Å². The third kappa shape index (κ3) is 4.48. The highest BCUT2D eigenvalue weighted by molar-refractivity contribution is 5.69. The van der Waals surface area contributed by atoms with Crippen LogP contribution in [0.1, 0.15) is 64.4 Å². The van der Waals surface area contributed by atoms with Crippen LogP contribution in [-0.4, -0.2) is 18.2 Å². The van der Waals surface area contributed by atoms with Crippen molar-refractivity contribution in [1.82, 2.24) is 0 Å². The van der Waals surface area contributed by atoms with Gasteiger partial charge in [0, 0.05) is 12.3 Å². The van der Waals surface area contributed by atoms with Crippen molar-refractivity contribution in [2.24, 2.45) is 0 Å². The molecular formula is C18H26O3. The topological polar surface area (TPSA) is 35.5 Å². The van der Waals surface area contributed by atoms with Crippen LogP contribution in [0.15, 0.2) is 24.3 Å². The number of rotatable bonds is 5. The first-order chi connectivity index (χ1) is 10.1. The second-order valence-corrected chi connectivity index (χ2v) is 6.01. The molecule has 0 radical (unpaired) electrons. The molecule has 1 aromatic carbocycles. The molecule has 1 aromatic rings. The van der Waals surface area contributed by atoms with Crippen molar-refractivity contribution < 1.29 is 14.3 Å². The van der Waals surface area contributed by atoms with Gasteiger partial charge in [0.25, 0.3) is 0 Å². The number of hydrogen-bond donors (Lipinski definition) is 0. The molecule has 0 heterocycles. The number of esters is 1. The lowest BCUT2D eigenvalue weighted by atomic mass is 9.81. The Balaban J connectivity index is 2.14. The second kappa shape index (κ2) is 7.48. The average Bonchev–Trinajstić information content (AvgIpc) is 2.47. The fraction of sp³-hybridized carbons (Fsp3) is 0.611. The molecule has 3 heteroatoms. The third-order valence-corrected chi connectivity index (χ3v) is 3.93. The van der Waals surface area contributed by atoms with Crippen LogP contribution in [0.3, 0.4) is 0 Å².